The molecule has 2 rings (SSSR count). The van der Waals surface area contributed by atoms with Crippen molar-refractivity contribution in [1.82, 2.24) is 10.3 Å². The lowest BCUT2D eigenvalue weighted by Gasteiger charge is -2.34. The van der Waals surface area contributed by atoms with Crippen molar-refractivity contribution in [2.75, 3.05) is 24.6 Å². The van der Waals surface area contributed by atoms with Crippen molar-refractivity contribution in [1.29, 1.82) is 0 Å². The van der Waals surface area contributed by atoms with Crippen molar-refractivity contribution >= 4 is 27.7 Å². The molecule has 1 aromatic heterocycles. The first kappa shape index (κ1) is 14.1. The molecule has 104 valence electrons. The second-order valence-corrected chi connectivity index (χ2v) is 5.43. The Morgan fingerprint density at radius 2 is 2.47 bits per heavy atom. The average Bonchev–Trinajstić information content (AvgIpc) is 2.39. The van der Waals surface area contributed by atoms with E-state index in [9.17, 15) is 4.79 Å². The van der Waals surface area contributed by atoms with Crippen molar-refractivity contribution in [3.8, 4) is 0 Å². The lowest BCUT2D eigenvalue weighted by Crippen LogP contribution is -2.48. The van der Waals surface area contributed by atoms with Gasteiger partial charge < -0.3 is 15.0 Å². The average molecular weight is 328 g/mol. The van der Waals surface area contributed by atoms with Gasteiger partial charge in [0.05, 0.1) is 18.5 Å². The fourth-order valence-electron chi connectivity index (χ4n) is 2.24. The summed E-state index contributed by atoms with van der Waals surface area (Å²) in [5.74, 6) is 0. The van der Waals surface area contributed by atoms with Crippen LogP contribution in [0.1, 0.15) is 19.8 Å². The highest BCUT2D eigenvalue weighted by molar-refractivity contribution is 9.10. The SMILES string of the molecule is CCOC(=O)N[C@@H]1CCCN(c2cncc(Br)c2)C1. The Kier molecular flexibility index (Phi) is 5.01. The number of carbonyl (C=O) groups excluding carboxylic acids is 1. The molecule has 0 aliphatic carbocycles. The Balaban J connectivity index is 1.95. The lowest BCUT2D eigenvalue weighted by atomic mass is 10.1. The molecule has 0 bridgehead atoms. The number of hydrogen-bond acceptors (Lipinski definition) is 4. The number of anilines is 1. The Bertz CT molecular complexity index is 442. The van der Waals surface area contributed by atoms with Crippen molar-refractivity contribution < 1.29 is 9.53 Å². The molecule has 6 heteroatoms. The van der Waals surface area contributed by atoms with Crippen LogP contribution in [-0.2, 0) is 4.74 Å². The van der Waals surface area contributed by atoms with E-state index < -0.39 is 0 Å². The topological polar surface area (TPSA) is 54.5 Å². The summed E-state index contributed by atoms with van der Waals surface area (Å²) in [4.78, 5) is 17.8. The van der Waals surface area contributed by atoms with Crippen LogP contribution in [0.15, 0.2) is 22.9 Å². The van der Waals surface area contributed by atoms with Gasteiger partial charge in [-0.3, -0.25) is 4.98 Å². The van der Waals surface area contributed by atoms with Crippen LogP contribution in [0.5, 0.6) is 0 Å². The number of carbonyl (C=O) groups is 1. The molecule has 1 N–H and O–H groups in total. The number of hydrogen-bond donors (Lipinski definition) is 1. The Labute approximate surface area is 121 Å². The van der Waals surface area contributed by atoms with E-state index in [1.54, 1.807) is 13.1 Å². The summed E-state index contributed by atoms with van der Waals surface area (Å²) in [6, 6.07) is 2.17. The second-order valence-electron chi connectivity index (χ2n) is 4.51. The summed E-state index contributed by atoms with van der Waals surface area (Å²) in [5, 5.41) is 2.90. The smallest absolute Gasteiger partial charge is 0.407 e. The van der Waals surface area contributed by atoms with E-state index in [4.69, 9.17) is 4.74 Å². The number of amides is 1. The number of nitrogens with one attached hydrogen (secondary N) is 1. The summed E-state index contributed by atoms with van der Waals surface area (Å²) in [7, 11) is 0. The van der Waals surface area contributed by atoms with E-state index in [0.717, 1.165) is 36.1 Å². The van der Waals surface area contributed by atoms with Crippen molar-refractivity contribution in [2.45, 2.75) is 25.8 Å². The maximum atomic E-state index is 11.4. The molecule has 1 saturated heterocycles. The number of piperidine rings is 1. The minimum absolute atomic E-state index is 0.131. The van der Waals surface area contributed by atoms with Gasteiger partial charge in [-0.1, -0.05) is 0 Å². The Hall–Kier alpha value is -1.30. The number of nitrogens with zero attached hydrogens (tertiary/aromatic N) is 2. The maximum absolute atomic E-state index is 11.4. The summed E-state index contributed by atoms with van der Waals surface area (Å²) in [6.45, 7) is 3.98. The van der Waals surface area contributed by atoms with Crippen LogP contribution in [0, 0.1) is 0 Å². The Morgan fingerprint density at radius 1 is 1.63 bits per heavy atom. The second kappa shape index (κ2) is 6.75. The number of aromatic nitrogens is 1. The third-order valence-corrected chi connectivity index (χ3v) is 3.51. The lowest BCUT2D eigenvalue weighted by molar-refractivity contribution is 0.146. The molecule has 19 heavy (non-hydrogen) atoms. The molecule has 1 aromatic rings. The van der Waals surface area contributed by atoms with Crippen LogP contribution in [-0.4, -0.2) is 36.8 Å². The summed E-state index contributed by atoms with van der Waals surface area (Å²) >= 11 is 3.43. The molecule has 1 fully saturated rings. The van der Waals surface area contributed by atoms with Crippen LogP contribution in [0.25, 0.3) is 0 Å². The van der Waals surface area contributed by atoms with Gasteiger partial charge in [-0.2, -0.15) is 0 Å². The molecule has 1 aliphatic rings. The maximum Gasteiger partial charge on any atom is 0.407 e. The van der Waals surface area contributed by atoms with Crippen LogP contribution in [0.2, 0.25) is 0 Å². The normalized spacial score (nSPS) is 19.1. The molecule has 0 unspecified atom stereocenters. The quantitative estimate of drug-likeness (QED) is 0.927. The van der Waals surface area contributed by atoms with Crippen molar-refractivity contribution in [2.24, 2.45) is 0 Å². The van der Waals surface area contributed by atoms with Gasteiger partial charge in [0.25, 0.3) is 0 Å². The largest absolute Gasteiger partial charge is 0.450 e. The van der Waals surface area contributed by atoms with Crippen molar-refractivity contribution in [3.63, 3.8) is 0 Å². The molecule has 1 atom stereocenters. The highest BCUT2D eigenvalue weighted by Crippen LogP contribution is 2.22. The van der Waals surface area contributed by atoms with Gasteiger partial charge in [0.2, 0.25) is 0 Å². The molecule has 5 nitrogen and oxygen atoms in total. The highest BCUT2D eigenvalue weighted by atomic mass is 79.9. The zero-order chi connectivity index (χ0) is 13.7. The molecule has 1 amide bonds. The van der Waals surface area contributed by atoms with Gasteiger partial charge in [-0.05, 0) is 41.8 Å². The van der Waals surface area contributed by atoms with E-state index in [0.29, 0.717) is 6.61 Å². The molecule has 0 radical (unpaired) electrons. The fourth-order valence-corrected chi connectivity index (χ4v) is 2.60. The highest BCUT2D eigenvalue weighted by Gasteiger charge is 2.22. The van der Waals surface area contributed by atoms with E-state index in [1.165, 1.54) is 0 Å². The summed E-state index contributed by atoms with van der Waals surface area (Å²) in [6.07, 6.45) is 5.31. The first-order valence-corrected chi connectivity index (χ1v) is 7.27. The molecule has 0 saturated carbocycles. The fraction of sp³-hybridized carbons (Fsp3) is 0.538. The molecule has 2 heterocycles. The van der Waals surface area contributed by atoms with E-state index >= 15 is 0 Å². The van der Waals surface area contributed by atoms with Gasteiger partial charge in [-0.15, -0.1) is 0 Å². The molecular weight excluding hydrogens is 310 g/mol. The third kappa shape index (κ3) is 4.09. The van der Waals surface area contributed by atoms with Crippen LogP contribution in [0.3, 0.4) is 0 Å². The zero-order valence-corrected chi connectivity index (χ0v) is 12.5. The van der Waals surface area contributed by atoms with Gasteiger partial charge in [0, 0.05) is 29.8 Å². The first-order valence-electron chi connectivity index (χ1n) is 6.48. The van der Waals surface area contributed by atoms with Gasteiger partial charge in [-0.25, -0.2) is 4.79 Å². The monoisotopic (exact) mass is 327 g/mol. The minimum atomic E-state index is -0.332. The predicted octanol–water partition coefficient (Wildman–Crippen LogP) is 2.56. The number of ether oxygens (including phenoxy) is 1. The van der Waals surface area contributed by atoms with E-state index in [2.05, 4.69) is 31.1 Å². The van der Waals surface area contributed by atoms with Gasteiger partial charge in [0.15, 0.2) is 0 Å². The van der Waals surface area contributed by atoms with Gasteiger partial charge in [0.1, 0.15) is 0 Å². The number of pyridine rings is 1. The molecular formula is C13H18BrN3O2. The van der Waals surface area contributed by atoms with Crippen LogP contribution in [0.4, 0.5) is 10.5 Å². The van der Waals surface area contributed by atoms with E-state index in [-0.39, 0.29) is 12.1 Å². The molecule has 1 aliphatic heterocycles. The molecule has 0 aromatic carbocycles. The number of rotatable bonds is 3. The molecule has 0 spiro atoms. The van der Waals surface area contributed by atoms with Crippen LogP contribution < -0.4 is 10.2 Å². The Morgan fingerprint density at radius 3 is 3.21 bits per heavy atom. The predicted molar refractivity (Wildman–Crippen MR) is 77.3 cm³/mol. The summed E-state index contributed by atoms with van der Waals surface area (Å²) in [5.41, 5.74) is 1.07. The first-order chi connectivity index (χ1) is 9.19. The number of alkyl carbamates (subject to hydrolysis) is 1. The standard InChI is InChI=1S/C13H18BrN3O2/c1-2-19-13(18)16-11-4-3-5-17(9-11)12-6-10(14)7-15-8-12/h6-8,11H,2-5,9H2,1H3,(H,16,18)/t11-/m1/s1. The third-order valence-electron chi connectivity index (χ3n) is 3.07. The van der Waals surface area contributed by atoms with Crippen LogP contribution >= 0.6 is 15.9 Å². The van der Waals surface area contributed by atoms with Gasteiger partial charge >= 0.3 is 6.09 Å². The zero-order valence-electron chi connectivity index (χ0n) is 10.9. The van der Waals surface area contributed by atoms with Crippen molar-refractivity contribution in [3.05, 3.63) is 22.9 Å². The minimum Gasteiger partial charge on any atom is -0.450 e. The van der Waals surface area contributed by atoms with E-state index in [1.807, 2.05) is 12.3 Å². The summed E-state index contributed by atoms with van der Waals surface area (Å²) < 4.78 is 5.88. The number of halogens is 1.